The van der Waals surface area contributed by atoms with Crippen molar-refractivity contribution in [2.75, 3.05) is 19.7 Å². The Hall–Kier alpha value is -2.08. The van der Waals surface area contributed by atoms with Gasteiger partial charge >= 0.3 is 0 Å². The summed E-state index contributed by atoms with van der Waals surface area (Å²) in [6.07, 6.45) is 1.96. The van der Waals surface area contributed by atoms with E-state index in [9.17, 15) is 4.79 Å². The first-order valence-electron chi connectivity index (χ1n) is 8.19. The number of likely N-dealkylation sites (tertiary alicyclic amines) is 1. The Morgan fingerprint density at radius 2 is 2.33 bits per heavy atom. The van der Waals surface area contributed by atoms with Crippen molar-refractivity contribution in [1.29, 1.82) is 0 Å². The molecule has 1 N–H and O–H groups in total. The van der Waals surface area contributed by atoms with Gasteiger partial charge in [-0.05, 0) is 38.8 Å². The molecule has 0 bridgehead atoms. The summed E-state index contributed by atoms with van der Waals surface area (Å²) >= 11 is 6.18. The Kier molecular flexibility index (Phi) is 5.04. The molecule has 1 atom stereocenters. The van der Waals surface area contributed by atoms with Gasteiger partial charge in [-0.1, -0.05) is 11.6 Å². The fourth-order valence-corrected chi connectivity index (χ4v) is 3.19. The van der Waals surface area contributed by atoms with E-state index in [1.54, 1.807) is 12.1 Å². The van der Waals surface area contributed by atoms with Gasteiger partial charge in [0.1, 0.15) is 0 Å². The second-order valence-corrected chi connectivity index (χ2v) is 6.39. The van der Waals surface area contributed by atoms with Crippen molar-refractivity contribution in [3.63, 3.8) is 0 Å². The van der Waals surface area contributed by atoms with Crippen LogP contribution in [0.3, 0.4) is 0 Å². The summed E-state index contributed by atoms with van der Waals surface area (Å²) in [5.74, 6) is 0.502. The molecule has 24 heavy (non-hydrogen) atoms. The number of H-pyrrole nitrogens is 1. The highest BCUT2D eigenvalue weighted by molar-refractivity contribution is 6.33. The summed E-state index contributed by atoms with van der Waals surface area (Å²) in [7, 11) is 0. The minimum Gasteiger partial charge on any atom is -0.478 e. The van der Waals surface area contributed by atoms with E-state index in [0.29, 0.717) is 30.6 Å². The summed E-state index contributed by atoms with van der Waals surface area (Å²) < 4.78 is 5.38. The van der Waals surface area contributed by atoms with Crippen LogP contribution in [0, 0.1) is 6.92 Å². The van der Waals surface area contributed by atoms with Gasteiger partial charge in [-0.25, -0.2) is 4.98 Å². The summed E-state index contributed by atoms with van der Waals surface area (Å²) in [6.45, 7) is 5.67. The van der Waals surface area contributed by atoms with Crippen molar-refractivity contribution in [2.45, 2.75) is 32.6 Å². The van der Waals surface area contributed by atoms with Crippen LogP contribution in [0.15, 0.2) is 18.2 Å². The van der Waals surface area contributed by atoms with Crippen LogP contribution in [-0.4, -0.2) is 45.7 Å². The molecule has 3 rings (SSSR count). The molecule has 0 saturated carbocycles. The van der Waals surface area contributed by atoms with Crippen LogP contribution >= 0.6 is 11.6 Å². The summed E-state index contributed by atoms with van der Waals surface area (Å²) in [4.78, 5) is 18.9. The fraction of sp³-hybridized carbons (Fsp3) is 0.471. The highest BCUT2D eigenvalue weighted by atomic mass is 35.5. The van der Waals surface area contributed by atoms with Gasteiger partial charge in [0.25, 0.3) is 5.91 Å². The smallest absolute Gasteiger partial charge is 0.274 e. The molecular weight excluding hydrogens is 328 g/mol. The predicted octanol–water partition coefficient (Wildman–Crippen LogP) is 3.19. The maximum absolute atomic E-state index is 12.9. The van der Waals surface area contributed by atoms with Gasteiger partial charge in [-0.15, -0.1) is 0 Å². The van der Waals surface area contributed by atoms with E-state index in [-0.39, 0.29) is 17.5 Å². The van der Waals surface area contributed by atoms with E-state index in [4.69, 9.17) is 16.3 Å². The zero-order valence-corrected chi connectivity index (χ0v) is 14.6. The van der Waals surface area contributed by atoms with Gasteiger partial charge in [0.2, 0.25) is 5.88 Å². The van der Waals surface area contributed by atoms with Crippen molar-refractivity contribution in [2.24, 2.45) is 0 Å². The standard InChI is InChI=1S/C17H21ClN4O2/c1-3-24-15-7-6-13(18)16(19-15)17(23)22-8-4-5-12(10-22)14-9-11(2)20-21-14/h6-7,9,12H,3-5,8,10H2,1-2H3,(H,20,21)/t12-/m1/s1. The number of ether oxygens (including phenoxy) is 1. The maximum Gasteiger partial charge on any atom is 0.274 e. The van der Waals surface area contributed by atoms with Crippen LogP contribution < -0.4 is 4.74 Å². The Bertz CT molecular complexity index is 731. The van der Waals surface area contributed by atoms with Gasteiger partial charge in [-0.2, -0.15) is 5.10 Å². The molecule has 6 nitrogen and oxygen atoms in total. The molecule has 0 radical (unpaired) electrons. The lowest BCUT2D eigenvalue weighted by molar-refractivity contribution is 0.0699. The number of aryl methyl sites for hydroxylation is 1. The minimum atomic E-state index is -0.154. The third-order valence-electron chi connectivity index (χ3n) is 4.17. The van der Waals surface area contributed by atoms with Crippen LogP contribution in [0.25, 0.3) is 0 Å². The Balaban J connectivity index is 1.78. The molecule has 128 valence electrons. The van der Waals surface area contributed by atoms with Crippen LogP contribution in [0.2, 0.25) is 5.02 Å². The molecule has 2 aromatic heterocycles. The van der Waals surface area contributed by atoms with E-state index in [0.717, 1.165) is 24.2 Å². The number of pyridine rings is 1. The topological polar surface area (TPSA) is 71.1 Å². The molecule has 7 heteroatoms. The van der Waals surface area contributed by atoms with Crippen LogP contribution in [-0.2, 0) is 0 Å². The van der Waals surface area contributed by atoms with E-state index in [1.165, 1.54) is 0 Å². The van der Waals surface area contributed by atoms with E-state index < -0.39 is 0 Å². The van der Waals surface area contributed by atoms with Crippen LogP contribution in [0.5, 0.6) is 5.88 Å². The molecule has 0 unspecified atom stereocenters. The number of piperidine rings is 1. The average molecular weight is 349 g/mol. The minimum absolute atomic E-state index is 0.154. The van der Waals surface area contributed by atoms with E-state index in [1.807, 2.05) is 24.8 Å². The molecule has 1 fully saturated rings. The number of halogens is 1. The number of aromatic nitrogens is 3. The second-order valence-electron chi connectivity index (χ2n) is 5.98. The first-order valence-corrected chi connectivity index (χ1v) is 8.56. The number of carbonyl (C=O) groups is 1. The van der Waals surface area contributed by atoms with Crippen molar-refractivity contribution >= 4 is 17.5 Å². The molecule has 0 spiro atoms. The predicted molar refractivity (Wildman–Crippen MR) is 91.6 cm³/mol. The highest BCUT2D eigenvalue weighted by Gasteiger charge is 2.28. The van der Waals surface area contributed by atoms with Crippen LogP contribution in [0.4, 0.5) is 0 Å². The number of nitrogens with one attached hydrogen (secondary N) is 1. The maximum atomic E-state index is 12.9. The fourth-order valence-electron chi connectivity index (χ4n) is 3.00. The lowest BCUT2D eigenvalue weighted by Crippen LogP contribution is -2.39. The number of nitrogens with zero attached hydrogens (tertiary/aromatic N) is 3. The van der Waals surface area contributed by atoms with Crippen molar-refractivity contribution in [3.05, 3.63) is 40.3 Å². The van der Waals surface area contributed by atoms with Gasteiger partial charge < -0.3 is 9.64 Å². The third kappa shape index (κ3) is 3.53. The lowest BCUT2D eigenvalue weighted by Gasteiger charge is -2.32. The lowest BCUT2D eigenvalue weighted by atomic mass is 9.94. The first-order chi connectivity index (χ1) is 11.6. The van der Waals surface area contributed by atoms with Gasteiger partial charge in [-0.3, -0.25) is 9.89 Å². The zero-order valence-electron chi connectivity index (χ0n) is 13.9. The Labute approximate surface area is 146 Å². The highest BCUT2D eigenvalue weighted by Crippen LogP contribution is 2.28. The molecule has 0 aliphatic carbocycles. The van der Waals surface area contributed by atoms with Crippen molar-refractivity contribution < 1.29 is 9.53 Å². The molecule has 1 aliphatic heterocycles. The monoisotopic (exact) mass is 348 g/mol. The average Bonchev–Trinajstić information content (AvgIpc) is 3.03. The SMILES string of the molecule is CCOc1ccc(Cl)c(C(=O)N2CCC[C@@H](c3cc(C)[nH]n3)C2)n1. The first kappa shape index (κ1) is 16.8. The van der Waals surface area contributed by atoms with Crippen LogP contribution in [0.1, 0.15) is 47.6 Å². The number of amides is 1. The second kappa shape index (κ2) is 7.21. The normalized spacial score (nSPS) is 17.8. The van der Waals surface area contributed by atoms with Crippen molar-refractivity contribution in [1.82, 2.24) is 20.1 Å². The molecule has 3 heterocycles. The molecule has 2 aromatic rings. The quantitative estimate of drug-likeness (QED) is 0.921. The Morgan fingerprint density at radius 3 is 3.04 bits per heavy atom. The number of aromatic amines is 1. The molecular formula is C17H21ClN4O2. The summed E-state index contributed by atoms with van der Waals surface area (Å²) in [6, 6.07) is 5.37. The van der Waals surface area contributed by atoms with Gasteiger partial charge in [0.15, 0.2) is 5.69 Å². The molecule has 1 aliphatic rings. The van der Waals surface area contributed by atoms with Gasteiger partial charge in [0.05, 0.1) is 17.3 Å². The molecule has 1 saturated heterocycles. The molecule has 0 aromatic carbocycles. The summed E-state index contributed by atoms with van der Waals surface area (Å²) in [5, 5.41) is 7.65. The largest absolute Gasteiger partial charge is 0.478 e. The zero-order chi connectivity index (χ0) is 17.1. The number of carbonyl (C=O) groups excluding carboxylic acids is 1. The Morgan fingerprint density at radius 1 is 1.50 bits per heavy atom. The number of hydrogen-bond donors (Lipinski definition) is 1. The molecule has 1 amide bonds. The van der Waals surface area contributed by atoms with E-state index >= 15 is 0 Å². The summed E-state index contributed by atoms with van der Waals surface area (Å²) in [5.41, 5.74) is 2.29. The van der Waals surface area contributed by atoms with Gasteiger partial charge in [0, 0.05) is 30.8 Å². The third-order valence-corrected chi connectivity index (χ3v) is 4.47. The van der Waals surface area contributed by atoms with E-state index in [2.05, 4.69) is 15.2 Å². The number of hydrogen-bond acceptors (Lipinski definition) is 4. The van der Waals surface area contributed by atoms with Crippen molar-refractivity contribution in [3.8, 4) is 5.88 Å². The number of rotatable bonds is 4.